The lowest BCUT2D eigenvalue weighted by molar-refractivity contribution is 0.00989. The molecule has 0 unspecified atom stereocenters. The molecule has 1 saturated carbocycles. The van der Waals surface area contributed by atoms with Crippen LogP contribution in [0, 0.1) is 5.92 Å². The van der Waals surface area contributed by atoms with E-state index in [1.807, 2.05) is 25.4 Å². The zero-order valence-corrected chi connectivity index (χ0v) is 20.0. The van der Waals surface area contributed by atoms with Crippen LogP contribution in [-0.4, -0.2) is 69.0 Å². The van der Waals surface area contributed by atoms with Crippen molar-refractivity contribution in [3.63, 3.8) is 0 Å². The summed E-state index contributed by atoms with van der Waals surface area (Å²) in [7, 11) is 3.57. The molecule has 0 atom stereocenters. The number of aliphatic imine (C=N–C) groups is 1. The molecule has 164 valence electrons. The lowest BCUT2D eigenvalue weighted by Gasteiger charge is -2.34. The first-order valence-electron chi connectivity index (χ1n) is 10.4. The predicted octanol–water partition coefficient (Wildman–Crippen LogP) is 3.08. The number of nitrogens with zero attached hydrogens (tertiary/aromatic N) is 3. The van der Waals surface area contributed by atoms with Crippen LogP contribution < -0.4 is 10.1 Å². The molecule has 1 aromatic heterocycles. The van der Waals surface area contributed by atoms with Crippen LogP contribution in [-0.2, 0) is 16.0 Å². The second kappa shape index (κ2) is 13.2. The van der Waals surface area contributed by atoms with Gasteiger partial charge in [-0.3, -0.25) is 4.99 Å². The van der Waals surface area contributed by atoms with Crippen molar-refractivity contribution in [3.8, 4) is 5.88 Å². The van der Waals surface area contributed by atoms with Gasteiger partial charge < -0.3 is 24.4 Å². The number of piperidine rings is 1. The summed E-state index contributed by atoms with van der Waals surface area (Å²) in [6, 6.07) is 4.03. The van der Waals surface area contributed by atoms with E-state index in [4.69, 9.17) is 14.2 Å². The molecular weight excluding hydrogens is 483 g/mol. The fourth-order valence-corrected chi connectivity index (χ4v) is 3.33. The summed E-state index contributed by atoms with van der Waals surface area (Å²) in [5.41, 5.74) is 1.15. The van der Waals surface area contributed by atoms with Crippen LogP contribution in [0.3, 0.4) is 0 Å². The maximum atomic E-state index is 5.95. The predicted molar refractivity (Wildman–Crippen MR) is 125 cm³/mol. The van der Waals surface area contributed by atoms with Crippen LogP contribution >= 0.6 is 24.0 Å². The largest absolute Gasteiger partial charge is 0.477 e. The summed E-state index contributed by atoms with van der Waals surface area (Å²) in [6.45, 7) is 4.95. The Kier molecular flexibility index (Phi) is 11.0. The summed E-state index contributed by atoms with van der Waals surface area (Å²) in [4.78, 5) is 11.1. The minimum atomic E-state index is 0. The standard InChI is InChI=1S/C21H34N4O3.HI/c1-22-21(25-10-7-19(8-11-25)27-13-3-12-26-2)24-15-18-6-9-23-20(14-18)28-16-17-4-5-17;/h6,9,14,17,19H,3-5,7-8,10-13,15-16H2,1-2H3,(H,22,24);1H. The summed E-state index contributed by atoms with van der Waals surface area (Å²) < 4.78 is 16.8. The van der Waals surface area contributed by atoms with Gasteiger partial charge in [0.2, 0.25) is 5.88 Å². The van der Waals surface area contributed by atoms with Gasteiger partial charge in [0.25, 0.3) is 0 Å². The Bertz CT molecular complexity index is 620. The molecule has 1 aliphatic heterocycles. The van der Waals surface area contributed by atoms with Gasteiger partial charge in [0.05, 0.1) is 12.7 Å². The van der Waals surface area contributed by atoms with Crippen molar-refractivity contribution in [2.75, 3.05) is 47.1 Å². The molecule has 0 bridgehead atoms. The van der Waals surface area contributed by atoms with Crippen molar-refractivity contribution in [2.24, 2.45) is 10.9 Å². The highest BCUT2D eigenvalue weighted by Gasteiger charge is 2.23. The van der Waals surface area contributed by atoms with Crippen molar-refractivity contribution < 1.29 is 14.2 Å². The normalized spacial score (nSPS) is 17.7. The van der Waals surface area contributed by atoms with E-state index in [1.165, 1.54) is 12.8 Å². The first-order valence-corrected chi connectivity index (χ1v) is 10.4. The smallest absolute Gasteiger partial charge is 0.213 e. The van der Waals surface area contributed by atoms with E-state index in [0.717, 1.165) is 69.6 Å². The molecule has 0 amide bonds. The van der Waals surface area contributed by atoms with Crippen LogP contribution in [0.2, 0.25) is 0 Å². The SMILES string of the molecule is CN=C(NCc1ccnc(OCC2CC2)c1)N1CCC(OCCCOC)CC1.I. The minimum Gasteiger partial charge on any atom is -0.477 e. The van der Waals surface area contributed by atoms with Gasteiger partial charge in [0.15, 0.2) is 5.96 Å². The number of methoxy groups -OCH3 is 1. The van der Waals surface area contributed by atoms with Crippen LogP contribution in [0.4, 0.5) is 0 Å². The van der Waals surface area contributed by atoms with Gasteiger partial charge in [-0.2, -0.15) is 0 Å². The number of ether oxygens (including phenoxy) is 3. The zero-order chi connectivity index (χ0) is 19.6. The fourth-order valence-electron chi connectivity index (χ4n) is 3.33. The number of nitrogens with one attached hydrogen (secondary N) is 1. The highest BCUT2D eigenvalue weighted by Crippen LogP contribution is 2.29. The van der Waals surface area contributed by atoms with Gasteiger partial charge in [-0.15, -0.1) is 24.0 Å². The van der Waals surface area contributed by atoms with E-state index >= 15 is 0 Å². The van der Waals surface area contributed by atoms with E-state index in [9.17, 15) is 0 Å². The van der Waals surface area contributed by atoms with E-state index in [2.05, 4.69) is 20.2 Å². The Morgan fingerprint density at radius 3 is 2.72 bits per heavy atom. The van der Waals surface area contributed by atoms with E-state index in [0.29, 0.717) is 18.5 Å². The monoisotopic (exact) mass is 518 g/mol. The Balaban J connectivity index is 0.00000300. The van der Waals surface area contributed by atoms with Crippen molar-refractivity contribution in [1.29, 1.82) is 0 Å². The molecule has 8 heteroatoms. The van der Waals surface area contributed by atoms with Crippen LogP contribution in [0.15, 0.2) is 23.3 Å². The molecule has 1 saturated heterocycles. The molecule has 1 N–H and O–H groups in total. The summed E-state index contributed by atoms with van der Waals surface area (Å²) in [5, 5.41) is 3.47. The molecule has 0 radical (unpaired) electrons. The van der Waals surface area contributed by atoms with Gasteiger partial charge >= 0.3 is 0 Å². The maximum absolute atomic E-state index is 5.95. The second-order valence-corrected chi connectivity index (χ2v) is 7.56. The Hall–Kier alpha value is -1.13. The molecule has 1 aliphatic carbocycles. The lowest BCUT2D eigenvalue weighted by Crippen LogP contribution is -2.46. The van der Waals surface area contributed by atoms with E-state index in [1.54, 1.807) is 7.11 Å². The molecule has 0 spiro atoms. The molecular formula is C21H35IN4O3. The van der Waals surface area contributed by atoms with Crippen molar-refractivity contribution >= 4 is 29.9 Å². The number of halogens is 1. The van der Waals surface area contributed by atoms with Gasteiger partial charge in [0.1, 0.15) is 0 Å². The number of hydrogen-bond donors (Lipinski definition) is 1. The first-order chi connectivity index (χ1) is 13.8. The van der Waals surface area contributed by atoms with Crippen molar-refractivity contribution in [1.82, 2.24) is 15.2 Å². The van der Waals surface area contributed by atoms with E-state index in [-0.39, 0.29) is 24.0 Å². The van der Waals surface area contributed by atoms with Gasteiger partial charge in [-0.1, -0.05) is 0 Å². The topological polar surface area (TPSA) is 68.2 Å². The van der Waals surface area contributed by atoms with Crippen LogP contribution in [0.5, 0.6) is 5.88 Å². The maximum Gasteiger partial charge on any atom is 0.213 e. The zero-order valence-electron chi connectivity index (χ0n) is 17.6. The number of aromatic nitrogens is 1. The van der Waals surface area contributed by atoms with Gasteiger partial charge in [0, 0.05) is 59.3 Å². The molecule has 2 heterocycles. The molecule has 1 aromatic rings. The quantitative estimate of drug-likeness (QED) is 0.222. The molecule has 2 aliphatic rings. The summed E-state index contributed by atoms with van der Waals surface area (Å²) >= 11 is 0. The second-order valence-electron chi connectivity index (χ2n) is 7.56. The lowest BCUT2D eigenvalue weighted by atomic mass is 10.1. The summed E-state index contributed by atoms with van der Waals surface area (Å²) in [5.74, 6) is 2.39. The molecule has 29 heavy (non-hydrogen) atoms. The first kappa shape index (κ1) is 24.1. The van der Waals surface area contributed by atoms with Crippen LogP contribution in [0.1, 0.15) is 37.7 Å². The number of pyridine rings is 1. The average Bonchev–Trinajstić information content (AvgIpc) is 3.56. The Morgan fingerprint density at radius 2 is 2.03 bits per heavy atom. The third kappa shape index (κ3) is 8.64. The third-order valence-electron chi connectivity index (χ3n) is 5.21. The Labute approximate surface area is 191 Å². The van der Waals surface area contributed by atoms with Crippen molar-refractivity contribution in [2.45, 2.75) is 44.8 Å². The van der Waals surface area contributed by atoms with Gasteiger partial charge in [-0.05, 0) is 49.7 Å². The number of guanidine groups is 1. The summed E-state index contributed by atoms with van der Waals surface area (Å²) in [6.07, 6.45) is 7.74. The van der Waals surface area contributed by atoms with Crippen molar-refractivity contribution in [3.05, 3.63) is 23.9 Å². The molecule has 7 nitrogen and oxygen atoms in total. The third-order valence-corrected chi connectivity index (χ3v) is 5.21. The van der Waals surface area contributed by atoms with Crippen LogP contribution in [0.25, 0.3) is 0 Å². The molecule has 0 aromatic carbocycles. The number of likely N-dealkylation sites (tertiary alicyclic amines) is 1. The Morgan fingerprint density at radius 1 is 1.24 bits per heavy atom. The number of hydrogen-bond acceptors (Lipinski definition) is 5. The highest BCUT2D eigenvalue weighted by atomic mass is 127. The fraction of sp³-hybridized carbons (Fsp3) is 0.714. The average molecular weight is 518 g/mol. The number of rotatable bonds is 10. The highest BCUT2D eigenvalue weighted by molar-refractivity contribution is 14.0. The molecule has 3 rings (SSSR count). The molecule has 2 fully saturated rings. The minimum absolute atomic E-state index is 0. The van der Waals surface area contributed by atoms with Gasteiger partial charge in [-0.25, -0.2) is 4.98 Å². The van der Waals surface area contributed by atoms with E-state index < -0.39 is 0 Å².